The first-order valence-electron chi connectivity index (χ1n) is 5.70. The first-order valence-corrected chi connectivity index (χ1v) is 8.10. The van der Waals surface area contributed by atoms with Gasteiger partial charge in [0.05, 0.1) is 4.90 Å². The zero-order valence-corrected chi connectivity index (χ0v) is 12.1. The minimum atomic E-state index is -3.35. The summed E-state index contributed by atoms with van der Waals surface area (Å²) in [5, 5.41) is 0. The molecule has 1 aromatic carbocycles. The second-order valence-corrected chi connectivity index (χ2v) is 7.40. The van der Waals surface area contributed by atoms with Crippen LogP contribution in [0.4, 0.5) is 0 Å². The first kappa shape index (κ1) is 13.1. The van der Waals surface area contributed by atoms with Crippen LogP contribution in [0.15, 0.2) is 29.2 Å². The number of alkyl halides is 1. The molecule has 0 spiro atoms. The number of benzene rings is 1. The smallest absolute Gasteiger partial charge is 0.214 e. The Morgan fingerprint density at radius 3 is 2.65 bits per heavy atom. The third-order valence-electron chi connectivity index (χ3n) is 3.08. The van der Waals surface area contributed by atoms with Crippen molar-refractivity contribution in [1.29, 1.82) is 0 Å². The van der Waals surface area contributed by atoms with Crippen LogP contribution in [0.5, 0.6) is 0 Å². The predicted octanol–water partition coefficient (Wildman–Crippen LogP) is 2.31. The van der Waals surface area contributed by atoms with E-state index in [-0.39, 0.29) is 0 Å². The van der Waals surface area contributed by atoms with Gasteiger partial charge in [0.25, 0.3) is 0 Å². The summed E-state index contributed by atoms with van der Waals surface area (Å²) in [5.41, 5.74) is 0.885. The Balaban J connectivity index is 2.27. The molecule has 1 unspecified atom stereocenters. The maximum atomic E-state index is 11.9. The Bertz CT molecular complexity index is 497. The molecule has 17 heavy (non-hydrogen) atoms. The van der Waals surface area contributed by atoms with E-state index in [9.17, 15) is 8.42 Å². The van der Waals surface area contributed by atoms with Gasteiger partial charge in [-0.25, -0.2) is 13.1 Å². The van der Waals surface area contributed by atoms with Gasteiger partial charge in [-0.05, 0) is 43.9 Å². The van der Waals surface area contributed by atoms with E-state index in [0.717, 1.165) is 12.0 Å². The molecule has 2 rings (SSSR count). The number of hydrogen-bond donors (Lipinski definition) is 1. The fraction of sp³-hybridized carbons (Fsp3) is 0.500. The van der Waals surface area contributed by atoms with Crippen molar-refractivity contribution in [3.05, 3.63) is 29.8 Å². The number of hydrogen-bond acceptors (Lipinski definition) is 2. The van der Waals surface area contributed by atoms with Crippen molar-refractivity contribution in [3.63, 3.8) is 0 Å². The van der Waals surface area contributed by atoms with E-state index in [1.807, 2.05) is 12.1 Å². The van der Waals surface area contributed by atoms with Gasteiger partial charge in [-0.1, -0.05) is 34.1 Å². The topological polar surface area (TPSA) is 46.2 Å². The number of nitrogens with one attached hydrogen (secondary N) is 1. The van der Waals surface area contributed by atoms with Crippen LogP contribution in [0.2, 0.25) is 0 Å². The zero-order chi connectivity index (χ0) is 12.5. The molecular formula is C12H16BrNO2S. The Kier molecular flexibility index (Phi) is 3.90. The van der Waals surface area contributed by atoms with Crippen LogP contribution in [0.25, 0.3) is 0 Å². The lowest BCUT2D eigenvalue weighted by atomic mass is 10.1. The second-order valence-electron chi connectivity index (χ2n) is 4.37. The van der Waals surface area contributed by atoms with Crippen molar-refractivity contribution in [2.45, 2.75) is 29.0 Å². The van der Waals surface area contributed by atoms with Gasteiger partial charge >= 0.3 is 0 Å². The third-order valence-corrected chi connectivity index (χ3v) is 5.67. The highest BCUT2D eigenvalue weighted by Crippen LogP contribution is 2.38. The minimum Gasteiger partial charge on any atom is -0.214 e. The van der Waals surface area contributed by atoms with E-state index in [0.29, 0.717) is 15.6 Å². The lowest BCUT2D eigenvalue weighted by Gasteiger charge is -2.12. The monoisotopic (exact) mass is 317 g/mol. The second kappa shape index (κ2) is 5.08. The molecule has 1 N–H and O–H groups in total. The average molecular weight is 318 g/mol. The maximum absolute atomic E-state index is 11.9. The van der Waals surface area contributed by atoms with Gasteiger partial charge in [-0.3, -0.25) is 0 Å². The van der Waals surface area contributed by atoms with E-state index in [4.69, 9.17) is 0 Å². The molecule has 0 aromatic heterocycles. The summed E-state index contributed by atoms with van der Waals surface area (Å²) in [6.07, 6.45) is 3.26. The number of halogens is 1. The van der Waals surface area contributed by atoms with Crippen LogP contribution in [-0.4, -0.2) is 20.3 Å². The molecule has 1 atom stereocenters. The Labute approximate surface area is 111 Å². The van der Waals surface area contributed by atoms with Crippen LogP contribution in [0, 0.1) is 5.92 Å². The molecule has 5 heteroatoms. The van der Waals surface area contributed by atoms with Gasteiger partial charge in [0.2, 0.25) is 10.0 Å². The van der Waals surface area contributed by atoms with Crippen molar-refractivity contribution in [1.82, 2.24) is 4.72 Å². The largest absolute Gasteiger partial charge is 0.240 e. The molecule has 0 radical (unpaired) electrons. The minimum absolute atomic E-state index is 0.385. The van der Waals surface area contributed by atoms with Gasteiger partial charge in [0.15, 0.2) is 0 Å². The lowest BCUT2D eigenvalue weighted by molar-refractivity contribution is 0.586. The summed E-state index contributed by atoms with van der Waals surface area (Å²) in [4.78, 5) is 0.781. The molecule has 0 aliphatic heterocycles. The highest BCUT2D eigenvalue weighted by atomic mass is 79.9. The highest BCUT2D eigenvalue weighted by molar-refractivity contribution is 9.09. The van der Waals surface area contributed by atoms with Crippen molar-refractivity contribution < 1.29 is 8.42 Å². The molecule has 0 amide bonds. The van der Waals surface area contributed by atoms with Crippen molar-refractivity contribution >= 4 is 26.0 Å². The van der Waals surface area contributed by atoms with Gasteiger partial charge in [-0.15, -0.1) is 0 Å². The van der Waals surface area contributed by atoms with Crippen LogP contribution < -0.4 is 4.72 Å². The standard InChI is InChI=1S/C12H16BrNO2S/c1-14-17(15,16)12-5-3-2-4-10(12)8-11(13)9-6-7-9/h2-5,9,11,14H,6-8H2,1H3. The summed E-state index contributed by atoms with van der Waals surface area (Å²) in [7, 11) is -1.91. The van der Waals surface area contributed by atoms with Crippen LogP contribution >= 0.6 is 15.9 Å². The predicted molar refractivity (Wildman–Crippen MR) is 71.8 cm³/mol. The van der Waals surface area contributed by atoms with E-state index >= 15 is 0 Å². The molecule has 1 aliphatic rings. The highest BCUT2D eigenvalue weighted by Gasteiger charge is 2.30. The summed E-state index contributed by atoms with van der Waals surface area (Å²) >= 11 is 3.65. The molecule has 1 aromatic rings. The van der Waals surface area contributed by atoms with Crippen molar-refractivity contribution in [2.75, 3.05) is 7.05 Å². The third kappa shape index (κ3) is 3.09. The van der Waals surface area contributed by atoms with Gasteiger partial charge in [-0.2, -0.15) is 0 Å². The number of sulfonamides is 1. The van der Waals surface area contributed by atoms with Crippen LogP contribution in [0.3, 0.4) is 0 Å². The summed E-state index contributed by atoms with van der Waals surface area (Å²) in [5.74, 6) is 0.709. The van der Waals surface area contributed by atoms with E-state index in [2.05, 4.69) is 20.7 Å². The van der Waals surface area contributed by atoms with Crippen molar-refractivity contribution in [2.24, 2.45) is 5.92 Å². The molecule has 3 nitrogen and oxygen atoms in total. The Morgan fingerprint density at radius 2 is 2.06 bits per heavy atom. The summed E-state index contributed by atoms with van der Waals surface area (Å²) in [6.45, 7) is 0. The van der Waals surface area contributed by atoms with Crippen LogP contribution in [0.1, 0.15) is 18.4 Å². The lowest BCUT2D eigenvalue weighted by Crippen LogP contribution is -2.21. The molecule has 0 bridgehead atoms. The summed E-state index contributed by atoms with van der Waals surface area (Å²) in [6, 6.07) is 7.19. The maximum Gasteiger partial charge on any atom is 0.240 e. The van der Waals surface area contributed by atoms with E-state index < -0.39 is 10.0 Å². The normalized spacial score (nSPS) is 18.0. The quantitative estimate of drug-likeness (QED) is 0.847. The Hall–Kier alpha value is -0.390. The fourth-order valence-electron chi connectivity index (χ4n) is 1.88. The molecular weight excluding hydrogens is 302 g/mol. The molecule has 94 valence electrons. The van der Waals surface area contributed by atoms with Gasteiger partial charge < -0.3 is 0 Å². The van der Waals surface area contributed by atoms with Gasteiger partial charge in [0.1, 0.15) is 0 Å². The zero-order valence-electron chi connectivity index (χ0n) is 9.69. The molecule has 1 saturated carbocycles. The first-order chi connectivity index (χ1) is 8.04. The summed E-state index contributed by atoms with van der Waals surface area (Å²) < 4.78 is 26.1. The molecule has 1 aliphatic carbocycles. The van der Waals surface area contributed by atoms with Crippen molar-refractivity contribution in [3.8, 4) is 0 Å². The SMILES string of the molecule is CNS(=O)(=O)c1ccccc1CC(Br)C1CC1. The van der Waals surface area contributed by atoms with E-state index in [1.165, 1.54) is 19.9 Å². The molecule has 0 heterocycles. The van der Waals surface area contributed by atoms with Crippen LogP contribution in [-0.2, 0) is 16.4 Å². The Morgan fingerprint density at radius 1 is 1.41 bits per heavy atom. The molecule has 0 saturated heterocycles. The van der Waals surface area contributed by atoms with E-state index in [1.54, 1.807) is 12.1 Å². The van der Waals surface area contributed by atoms with Gasteiger partial charge in [0, 0.05) is 4.83 Å². The number of rotatable bonds is 5. The molecule has 1 fully saturated rings. The average Bonchev–Trinajstić information content (AvgIpc) is 3.13. The fourth-order valence-corrected chi connectivity index (χ4v) is 3.73.